The molecule has 1 aliphatic heterocycles. The van der Waals surface area contributed by atoms with Gasteiger partial charge in [-0.05, 0) is 25.7 Å². The van der Waals surface area contributed by atoms with E-state index in [1.807, 2.05) is 0 Å². The number of hydrogen-bond donors (Lipinski definition) is 1. The molecule has 0 amide bonds. The van der Waals surface area contributed by atoms with Gasteiger partial charge in [0.2, 0.25) is 0 Å². The van der Waals surface area contributed by atoms with Crippen LogP contribution in [-0.4, -0.2) is 38.7 Å². The lowest BCUT2D eigenvalue weighted by molar-refractivity contribution is 0.0874. The summed E-state index contributed by atoms with van der Waals surface area (Å²) in [6.07, 6.45) is 3.63. The average Bonchev–Trinajstić information content (AvgIpc) is 2.70. The molecule has 2 atom stereocenters. The normalized spacial score (nSPS) is 24.3. The summed E-state index contributed by atoms with van der Waals surface area (Å²) < 4.78 is 27.9. The molecule has 1 aliphatic rings. The fourth-order valence-electron chi connectivity index (χ4n) is 1.81. The Balaban J connectivity index is 2.19. The van der Waals surface area contributed by atoms with E-state index in [4.69, 9.17) is 10.5 Å². The molecule has 1 heterocycles. The van der Waals surface area contributed by atoms with Crippen LogP contribution in [0.4, 0.5) is 0 Å². The number of hydrogen-bond acceptors (Lipinski definition) is 4. The number of rotatable bonds is 6. The van der Waals surface area contributed by atoms with Crippen molar-refractivity contribution in [2.24, 2.45) is 5.73 Å². The Morgan fingerprint density at radius 1 is 1.53 bits per heavy atom. The quantitative estimate of drug-likeness (QED) is 0.736. The molecule has 5 heteroatoms. The molecule has 2 N–H and O–H groups in total. The van der Waals surface area contributed by atoms with Gasteiger partial charge in [0, 0.05) is 18.4 Å². The van der Waals surface area contributed by atoms with Gasteiger partial charge in [-0.3, -0.25) is 0 Å². The second-order valence-electron chi connectivity index (χ2n) is 4.09. The third-order valence-electron chi connectivity index (χ3n) is 2.88. The molecule has 2 unspecified atom stereocenters. The second-order valence-corrected chi connectivity index (χ2v) is 6.57. The first-order valence-corrected chi connectivity index (χ1v) is 7.45. The lowest BCUT2D eigenvalue weighted by Crippen LogP contribution is -2.34. The Hall–Kier alpha value is -0.130. The van der Waals surface area contributed by atoms with E-state index < -0.39 is 9.84 Å². The van der Waals surface area contributed by atoms with Gasteiger partial charge in [-0.25, -0.2) is 8.42 Å². The second kappa shape index (κ2) is 5.82. The predicted molar refractivity (Wildman–Crippen MR) is 60.5 cm³/mol. The maximum absolute atomic E-state index is 11.2. The molecular formula is C10H21NO3S. The van der Waals surface area contributed by atoms with Crippen LogP contribution in [0.2, 0.25) is 0 Å². The third kappa shape index (κ3) is 4.49. The minimum Gasteiger partial charge on any atom is -0.377 e. The van der Waals surface area contributed by atoms with Gasteiger partial charge in [-0.1, -0.05) is 6.92 Å². The molecule has 0 aliphatic carbocycles. The smallest absolute Gasteiger partial charge is 0.150 e. The molecule has 0 aromatic rings. The minimum atomic E-state index is -2.84. The molecule has 0 aromatic carbocycles. The first-order chi connectivity index (χ1) is 7.05. The van der Waals surface area contributed by atoms with Gasteiger partial charge in [-0.15, -0.1) is 0 Å². The molecule has 0 saturated carbocycles. The fourth-order valence-corrected chi connectivity index (χ4v) is 2.70. The summed E-state index contributed by atoms with van der Waals surface area (Å²) in [7, 11) is -2.84. The number of sulfone groups is 1. The number of ether oxygens (including phenoxy) is 1. The highest BCUT2D eigenvalue weighted by Gasteiger charge is 2.22. The SMILES string of the molecule is CCS(=O)(=O)CCCC(N)C1CCCO1. The predicted octanol–water partition coefficient (Wildman–Crippen LogP) is 0.708. The van der Waals surface area contributed by atoms with E-state index in [0.717, 1.165) is 25.9 Å². The first kappa shape index (κ1) is 12.9. The molecule has 1 fully saturated rings. The van der Waals surface area contributed by atoms with Crippen LogP contribution in [0.25, 0.3) is 0 Å². The lowest BCUT2D eigenvalue weighted by Gasteiger charge is -2.17. The van der Waals surface area contributed by atoms with Crippen molar-refractivity contribution in [1.82, 2.24) is 0 Å². The number of nitrogens with two attached hydrogens (primary N) is 1. The largest absolute Gasteiger partial charge is 0.377 e. The lowest BCUT2D eigenvalue weighted by atomic mass is 10.0. The van der Waals surface area contributed by atoms with Gasteiger partial charge in [0.25, 0.3) is 0 Å². The Morgan fingerprint density at radius 3 is 2.80 bits per heavy atom. The molecule has 15 heavy (non-hydrogen) atoms. The first-order valence-electron chi connectivity index (χ1n) is 5.63. The minimum absolute atomic E-state index is 0.000411. The van der Waals surface area contributed by atoms with Crippen LogP contribution < -0.4 is 5.73 Å². The van der Waals surface area contributed by atoms with Crippen LogP contribution in [0.3, 0.4) is 0 Å². The van der Waals surface area contributed by atoms with Crippen molar-refractivity contribution in [2.45, 2.75) is 44.8 Å². The molecule has 0 aromatic heterocycles. The Kier molecular flexibility index (Phi) is 5.02. The van der Waals surface area contributed by atoms with Gasteiger partial charge in [-0.2, -0.15) is 0 Å². The summed E-state index contributed by atoms with van der Waals surface area (Å²) in [5, 5.41) is 0. The van der Waals surface area contributed by atoms with Crippen molar-refractivity contribution < 1.29 is 13.2 Å². The van der Waals surface area contributed by atoms with Gasteiger partial charge in [0.05, 0.1) is 11.9 Å². The topological polar surface area (TPSA) is 69.4 Å². The molecular weight excluding hydrogens is 214 g/mol. The van der Waals surface area contributed by atoms with E-state index in [-0.39, 0.29) is 23.7 Å². The Morgan fingerprint density at radius 2 is 2.27 bits per heavy atom. The van der Waals surface area contributed by atoms with Gasteiger partial charge in [0.1, 0.15) is 9.84 Å². The summed E-state index contributed by atoms with van der Waals surface area (Å²) in [6, 6.07) is -0.000411. The van der Waals surface area contributed by atoms with Crippen LogP contribution in [0, 0.1) is 0 Å². The summed E-state index contributed by atoms with van der Waals surface area (Å²) in [6.45, 7) is 2.47. The summed E-state index contributed by atoms with van der Waals surface area (Å²) in [4.78, 5) is 0. The summed E-state index contributed by atoms with van der Waals surface area (Å²) in [5.41, 5.74) is 5.93. The fraction of sp³-hybridized carbons (Fsp3) is 1.00. The van der Waals surface area contributed by atoms with Crippen LogP contribution in [-0.2, 0) is 14.6 Å². The highest BCUT2D eigenvalue weighted by atomic mass is 32.2. The van der Waals surface area contributed by atoms with Gasteiger partial charge >= 0.3 is 0 Å². The zero-order valence-electron chi connectivity index (χ0n) is 9.31. The van der Waals surface area contributed by atoms with E-state index in [1.54, 1.807) is 6.92 Å². The van der Waals surface area contributed by atoms with Crippen LogP contribution in [0.1, 0.15) is 32.6 Å². The van der Waals surface area contributed by atoms with E-state index in [2.05, 4.69) is 0 Å². The highest BCUT2D eigenvalue weighted by molar-refractivity contribution is 7.91. The van der Waals surface area contributed by atoms with Crippen molar-refractivity contribution in [2.75, 3.05) is 18.1 Å². The molecule has 0 spiro atoms. The average molecular weight is 235 g/mol. The van der Waals surface area contributed by atoms with Gasteiger partial charge < -0.3 is 10.5 Å². The summed E-state index contributed by atoms with van der Waals surface area (Å²) in [5.74, 6) is 0.478. The highest BCUT2D eigenvalue weighted by Crippen LogP contribution is 2.17. The maximum Gasteiger partial charge on any atom is 0.150 e. The molecule has 0 radical (unpaired) electrons. The molecule has 1 rings (SSSR count). The van der Waals surface area contributed by atoms with Crippen LogP contribution in [0.5, 0.6) is 0 Å². The van der Waals surface area contributed by atoms with Crippen molar-refractivity contribution in [3.63, 3.8) is 0 Å². The zero-order valence-corrected chi connectivity index (χ0v) is 10.1. The summed E-state index contributed by atoms with van der Waals surface area (Å²) >= 11 is 0. The van der Waals surface area contributed by atoms with E-state index in [9.17, 15) is 8.42 Å². The monoisotopic (exact) mass is 235 g/mol. The molecule has 0 bridgehead atoms. The van der Waals surface area contributed by atoms with Crippen LogP contribution >= 0.6 is 0 Å². The van der Waals surface area contributed by atoms with Crippen molar-refractivity contribution in [1.29, 1.82) is 0 Å². The van der Waals surface area contributed by atoms with Crippen molar-refractivity contribution in [3.8, 4) is 0 Å². The molecule has 1 saturated heterocycles. The third-order valence-corrected chi connectivity index (χ3v) is 4.67. The van der Waals surface area contributed by atoms with Gasteiger partial charge in [0.15, 0.2) is 0 Å². The van der Waals surface area contributed by atoms with Crippen molar-refractivity contribution in [3.05, 3.63) is 0 Å². The Bertz CT molecular complexity index is 270. The van der Waals surface area contributed by atoms with Crippen LogP contribution in [0.15, 0.2) is 0 Å². The molecule has 90 valence electrons. The van der Waals surface area contributed by atoms with E-state index >= 15 is 0 Å². The zero-order chi connectivity index (χ0) is 11.3. The standard InChI is InChI=1S/C10H21NO3S/c1-2-15(12,13)8-4-5-9(11)10-6-3-7-14-10/h9-10H,2-8,11H2,1H3. The maximum atomic E-state index is 11.2. The van der Waals surface area contributed by atoms with Crippen molar-refractivity contribution >= 4 is 9.84 Å². The molecule has 4 nitrogen and oxygen atoms in total. The Labute approximate surface area is 92.1 Å². The van der Waals surface area contributed by atoms with E-state index in [1.165, 1.54) is 0 Å². The van der Waals surface area contributed by atoms with E-state index in [0.29, 0.717) is 6.42 Å².